The molecule has 1 aliphatic heterocycles. The molecule has 0 bridgehead atoms. The highest BCUT2D eigenvalue weighted by Gasteiger charge is 2.38. The summed E-state index contributed by atoms with van der Waals surface area (Å²) in [5.41, 5.74) is 0. The van der Waals surface area contributed by atoms with Gasteiger partial charge in [0.25, 0.3) is 0 Å². The second-order valence-corrected chi connectivity index (χ2v) is 5.54. The van der Waals surface area contributed by atoms with E-state index < -0.39 is 5.97 Å². The van der Waals surface area contributed by atoms with Crippen LogP contribution in [0.2, 0.25) is 0 Å². The fraction of sp³-hybridized carbons (Fsp3) is 0.857. The number of carbonyl (C=O) groups is 2. The minimum absolute atomic E-state index is 0.0510. The van der Waals surface area contributed by atoms with Gasteiger partial charge in [-0.2, -0.15) is 0 Å². The average molecular weight is 270 g/mol. The van der Waals surface area contributed by atoms with Crippen molar-refractivity contribution in [3.8, 4) is 0 Å². The number of likely N-dealkylation sites (tertiary alicyclic amines) is 1. The molecule has 110 valence electrons. The molecule has 0 radical (unpaired) electrons. The highest BCUT2D eigenvalue weighted by atomic mass is 16.4. The molecule has 0 aromatic heterocycles. The molecule has 1 rings (SSSR count). The topological polar surface area (TPSA) is 69.6 Å². The van der Waals surface area contributed by atoms with E-state index in [9.17, 15) is 9.59 Å². The fourth-order valence-electron chi connectivity index (χ4n) is 2.36. The number of carboxylic acid groups (broad SMARTS) is 1. The molecule has 0 aromatic rings. The van der Waals surface area contributed by atoms with Crippen LogP contribution in [0.4, 0.5) is 0 Å². The molecule has 2 atom stereocenters. The summed E-state index contributed by atoms with van der Waals surface area (Å²) in [4.78, 5) is 25.0. The Balaban J connectivity index is 2.38. The zero-order valence-corrected chi connectivity index (χ0v) is 12.3. The molecule has 0 saturated carbocycles. The Morgan fingerprint density at radius 2 is 1.79 bits per heavy atom. The first-order valence-corrected chi connectivity index (χ1v) is 7.17. The third kappa shape index (κ3) is 3.93. The summed E-state index contributed by atoms with van der Waals surface area (Å²) >= 11 is 0. The summed E-state index contributed by atoms with van der Waals surface area (Å²) in [6.07, 6.45) is 1.88. The van der Waals surface area contributed by atoms with Crippen molar-refractivity contribution < 1.29 is 14.7 Å². The van der Waals surface area contributed by atoms with Gasteiger partial charge in [0, 0.05) is 19.1 Å². The first-order valence-electron chi connectivity index (χ1n) is 7.17. The molecular weight excluding hydrogens is 244 g/mol. The van der Waals surface area contributed by atoms with E-state index in [0.29, 0.717) is 13.1 Å². The Bertz CT molecular complexity index is 323. The summed E-state index contributed by atoms with van der Waals surface area (Å²) < 4.78 is 0. The molecule has 5 nitrogen and oxygen atoms in total. The maximum atomic E-state index is 12.0. The predicted molar refractivity (Wildman–Crippen MR) is 73.8 cm³/mol. The number of rotatable bonds is 7. The van der Waals surface area contributed by atoms with Gasteiger partial charge in [-0.25, -0.2) is 0 Å². The number of nitrogens with one attached hydrogen (secondary N) is 1. The Morgan fingerprint density at radius 3 is 2.21 bits per heavy atom. The number of carbonyl (C=O) groups excluding carboxylic acids is 1. The van der Waals surface area contributed by atoms with Crippen LogP contribution >= 0.6 is 0 Å². The van der Waals surface area contributed by atoms with Crippen LogP contribution in [0, 0.1) is 11.8 Å². The molecule has 19 heavy (non-hydrogen) atoms. The van der Waals surface area contributed by atoms with Crippen molar-refractivity contribution in [2.24, 2.45) is 11.8 Å². The van der Waals surface area contributed by atoms with Crippen molar-refractivity contribution in [2.45, 2.75) is 52.6 Å². The minimum Gasteiger partial charge on any atom is -0.481 e. The van der Waals surface area contributed by atoms with Gasteiger partial charge in [-0.1, -0.05) is 20.8 Å². The summed E-state index contributed by atoms with van der Waals surface area (Å²) in [5, 5.41) is 12.0. The maximum Gasteiger partial charge on any atom is 0.306 e. The molecule has 1 aliphatic rings. The SMILES string of the molecule is CCC(CC)NC(=O)C(C)N1CC(C(C)C(=O)O)C1. The second kappa shape index (κ2) is 6.89. The number of hydrogen-bond donors (Lipinski definition) is 2. The third-order valence-electron chi connectivity index (χ3n) is 4.29. The van der Waals surface area contributed by atoms with Crippen LogP contribution in [-0.2, 0) is 9.59 Å². The van der Waals surface area contributed by atoms with E-state index in [-0.39, 0.29) is 29.8 Å². The van der Waals surface area contributed by atoms with Gasteiger partial charge in [0.1, 0.15) is 0 Å². The predicted octanol–water partition coefficient (Wildman–Crippen LogP) is 1.33. The van der Waals surface area contributed by atoms with Crippen molar-refractivity contribution in [3.05, 3.63) is 0 Å². The number of carboxylic acids is 1. The molecule has 1 fully saturated rings. The van der Waals surface area contributed by atoms with E-state index in [1.54, 1.807) is 6.92 Å². The molecular formula is C14H26N2O3. The molecule has 2 N–H and O–H groups in total. The first kappa shape index (κ1) is 16.0. The van der Waals surface area contributed by atoms with E-state index in [1.165, 1.54) is 0 Å². The van der Waals surface area contributed by atoms with Crippen molar-refractivity contribution in [3.63, 3.8) is 0 Å². The molecule has 0 aromatic carbocycles. The minimum atomic E-state index is -0.751. The standard InChI is InChI=1S/C14H26N2O3/c1-5-12(6-2)15-13(17)10(4)16-7-11(8-16)9(3)14(18)19/h9-12H,5-8H2,1-4H3,(H,15,17)(H,18,19). The van der Waals surface area contributed by atoms with Crippen LogP contribution in [0.3, 0.4) is 0 Å². The molecule has 0 aliphatic carbocycles. The van der Waals surface area contributed by atoms with E-state index in [0.717, 1.165) is 12.8 Å². The van der Waals surface area contributed by atoms with Gasteiger partial charge >= 0.3 is 5.97 Å². The summed E-state index contributed by atoms with van der Waals surface area (Å²) in [7, 11) is 0. The lowest BCUT2D eigenvalue weighted by atomic mass is 9.86. The zero-order chi connectivity index (χ0) is 14.6. The van der Waals surface area contributed by atoms with Crippen LogP contribution in [0.25, 0.3) is 0 Å². The molecule has 1 saturated heterocycles. The normalized spacial score (nSPS) is 19.8. The zero-order valence-electron chi connectivity index (χ0n) is 12.3. The maximum absolute atomic E-state index is 12.0. The third-order valence-corrected chi connectivity index (χ3v) is 4.29. The van der Waals surface area contributed by atoms with Crippen LogP contribution in [0.5, 0.6) is 0 Å². The van der Waals surface area contributed by atoms with E-state index in [1.807, 2.05) is 11.8 Å². The Hall–Kier alpha value is -1.10. The van der Waals surface area contributed by atoms with Gasteiger partial charge in [-0.15, -0.1) is 0 Å². The molecule has 2 unspecified atom stereocenters. The lowest BCUT2D eigenvalue weighted by molar-refractivity contribution is -0.146. The van der Waals surface area contributed by atoms with Gasteiger partial charge in [-0.3, -0.25) is 14.5 Å². The van der Waals surface area contributed by atoms with E-state index in [2.05, 4.69) is 19.2 Å². The molecule has 0 spiro atoms. The van der Waals surface area contributed by atoms with E-state index >= 15 is 0 Å². The smallest absolute Gasteiger partial charge is 0.306 e. The first-order chi connectivity index (χ1) is 8.90. The van der Waals surface area contributed by atoms with Crippen molar-refractivity contribution >= 4 is 11.9 Å². The molecule has 1 amide bonds. The Labute approximate surface area is 115 Å². The fourth-order valence-corrected chi connectivity index (χ4v) is 2.36. The van der Waals surface area contributed by atoms with Crippen molar-refractivity contribution in [1.29, 1.82) is 0 Å². The summed E-state index contributed by atoms with van der Waals surface area (Å²) in [6, 6.07) is 0.0720. The Morgan fingerprint density at radius 1 is 1.26 bits per heavy atom. The highest BCUT2D eigenvalue weighted by Crippen LogP contribution is 2.25. The summed E-state index contributed by atoms with van der Waals surface area (Å²) in [6.45, 7) is 9.15. The highest BCUT2D eigenvalue weighted by molar-refractivity contribution is 5.81. The van der Waals surface area contributed by atoms with Crippen LogP contribution < -0.4 is 5.32 Å². The number of amides is 1. The average Bonchev–Trinajstić information content (AvgIpc) is 2.33. The van der Waals surface area contributed by atoms with Crippen molar-refractivity contribution in [2.75, 3.05) is 13.1 Å². The van der Waals surface area contributed by atoms with Crippen LogP contribution in [-0.4, -0.2) is 47.1 Å². The van der Waals surface area contributed by atoms with Gasteiger partial charge in [0.05, 0.1) is 12.0 Å². The van der Waals surface area contributed by atoms with Gasteiger partial charge in [0.15, 0.2) is 0 Å². The van der Waals surface area contributed by atoms with Crippen LogP contribution in [0.1, 0.15) is 40.5 Å². The second-order valence-electron chi connectivity index (χ2n) is 5.54. The number of aliphatic carboxylic acids is 1. The quantitative estimate of drug-likeness (QED) is 0.732. The number of nitrogens with zero attached hydrogens (tertiary/aromatic N) is 1. The van der Waals surface area contributed by atoms with Gasteiger partial charge in [-0.05, 0) is 25.7 Å². The van der Waals surface area contributed by atoms with Gasteiger partial charge in [0.2, 0.25) is 5.91 Å². The lowest BCUT2D eigenvalue weighted by Crippen LogP contribution is -2.59. The van der Waals surface area contributed by atoms with Crippen LogP contribution in [0.15, 0.2) is 0 Å². The molecule has 5 heteroatoms. The number of hydrogen-bond acceptors (Lipinski definition) is 3. The van der Waals surface area contributed by atoms with Gasteiger partial charge < -0.3 is 10.4 Å². The van der Waals surface area contributed by atoms with E-state index in [4.69, 9.17) is 5.11 Å². The Kier molecular flexibility index (Phi) is 5.79. The lowest BCUT2D eigenvalue weighted by Gasteiger charge is -2.44. The largest absolute Gasteiger partial charge is 0.481 e. The summed E-state index contributed by atoms with van der Waals surface area (Å²) in [5.74, 6) is -0.861. The van der Waals surface area contributed by atoms with Crippen molar-refractivity contribution in [1.82, 2.24) is 10.2 Å². The monoisotopic (exact) mass is 270 g/mol. The molecule has 1 heterocycles.